The molecule has 11 heavy (non-hydrogen) atoms. The quantitative estimate of drug-likeness (QED) is 0.540. The first-order chi connectivity index (χ1) is 5.07. The summed E-state index contributed by atoms with van der Waals surface area (Å²) < 4.78 is 0. The zero-order valence-electron chi connectivity index (χ0n) is 8.49. The van der Waals surface area contributed by atoms with Crippen molar-refractivity contribution in [2.24, 2.45) is 11.3 Å². The van der Waals surface area contributed by atoms with E-state index in [0.717, 1.165) is 5.92 Å². The highest BCUT2D eigenvalue weighted by Gasteiger charge is 2.45. The maximum Gasteiger partial charge on any atom is 0.00955 e. The Morgan fingerprint density at radius 3 is 2.18 bits per heavy atom. The fourth-order valence-electron chi connectivity index (χ4n) is 2.19. The van der Waals surface area contributed by atoms with Crippen LogP contribution in [0.3, 0.4) is 0 Å². The number of allylic oxidation sites excluding steroid dienone is 2. The molecule has 0 aromatic carbocycles. The summed E-state index contributed by atoms with van der Waals surface area (Å²) in [6, 6.07) is 0. The highest BCUT2D eigenvalue weighted by Crippen LogP contribution is 2.58. The molecule has 0 heterocycles. The van der Waals surface area contributed by atoms with Crippen LogP contribution in [0.4, 0.5) is 0 Å². The third-order valence-corrected chi connectivity index (χ3v) is 3.58. The van der Waals surface area contributed by atoms with Crippen molar-refractivity contribution in [1.29, 1.82) is 0 Å². The summed E-state index contributed by atoms with van der Waals surface area (Å²) in [5.74, 6) is 0.819. The van der Waals surface area contributed by atoms with E-state index in [1.807, 2.05) is 0 Å². The van der Waals surface area contributed by atoms with Gasteiger partial charge in [0.15, 0.2) is 0 Å². The molecular formula is C11H20. The summed E-state index contributed by atoms with van der Waals surface area (Å²) in [7, 11) is 0. The maximum atomic E-state index is 2.38. The van der Waals surface area contributed by atoms with E-state index < -0.39 is 0 Å². The standard InChI is InChI=1S/C11H20/c1-6-8(3)10-9(4)11(10,5)7-2/h8H,6-7H2,1-5H3. The second-order valence-electron chi connectivity index (χ2n) is 4.03. The maximum absolute atomic E-state index is 2.38. The lowest BCUT2D eigenvalue weighted by Gasteiger charge is -2.13. The molecule has 0 saturated heterocycles. The van der Waals surface area contributed by atoms with Crippen molar-refractivity contribution in [3.8, 4) is 0 Å². The number of hydrogen-bond acceptors (Lipinski definition) is 0. The Labute approximate surface area is 70.7 Å². The van der Waals surface area contributed by atoms with Crippen LogP contribution in [0.2, 0.25) is 0 Å². The first-order valence-electron chi connectivity index (χ1n) is 4.79. The molecule has 64 valence electrons. The van der Waals surface area contributed by atoms with Crippen LogP contribution >= 0.6 is 0 Å². The first kappa shape index (κ1) is 8.83. The molecule has 0 radical (unpaired) electrons. The highest BCUT2D eigenvalue weighted by molar-refractivity contribution is 5.47. The Bertz CT molecular complexity index is 188. The molecule has 2 atom stereocenters. The fraction of sp³-hybridized carbons (Fsp3) is 0.818. The smallest absolute Gasteiger partial charge is 0.00955 e. The molecule has 0 amide bonds. The fourth-order valence-corrected chi connectivity index (χ4v) is 2.19. The molecule has 0 aromatic rings. The summed E-state index contributed by atoms with van der Waals surface area (Å²) in [4.78, 5) is 0. The second-order valence-corrected chi connectivity index (χ2v) is 4.03. The van der Waals surface area contributed by atoms with E-state index in [9.17, 15) is 0 Å². The lowest BCUT2D eigenvalue weighted by Crippen LogP contribution is -2.02. The van der Waals surface area contributed by atoms with Gasteiger partial charge in [-0.2, -0.15) is 0 Å². The van der Waals surface area contributed by atoms with E-state index in [0.29, 0.717) is 5.41 Å². The third kappa shape index (κ3) is 1.13. The van der Waals surface area contributed by atoms with Gasteiger partial charge in [-0.25, -0.2) is 0 Å². The van der Waals surface area contributed by atoms with E-state index >= 15 is 0 Å². The van der Waals surface area contributed by atoms with Crippen LogP contribution in [-0.4, -0.2) is 0 Å². The molecule has 0 saturated carbocycles. The summed E-state index contributed by atoms with van der Waals surface area (Å²) in [6.07, 6.45) is 2.58. The molecule has 0 nitrogen and oxygen atoms in total. The van der Waals surface area contributed by atoms with Crippen LogP contribution in [0.25, 0.3) is 0 Å². The van der Waals surface area contributed by atoms with Crippen molar-refractivity contribution < 1.29 is 0 Å². The molecule has 0 spiro atoms. The largest absolute Gasteiger partial charge is 0.0648 e. The lowest BCUT2D eigenvalue weighted by molar-refractivity contribution is 0.511. The van der Waals surface area contributed by atoms with E-state index in [-0.39, 0.29) is 0 Å². The molecule has 1 rings (SSSR count). The lowest BCUT2D eigenvalue weighted by atomic mass is 9.91. The van der Waals surface area contributed by atoms with E-state index in [1.54, 1.807) is 11.1 Å². The molecule has 1 aliphatic rings. The molecular weight excluding hydrogens is 132 g/mol. The zero-order chi connectivity index (χ0) is 8.65. The minimum Gasteiger partial charge on any atom is -0.0648 e. The van der Waals surface area contributed by atoms with Gasteiger partial charge in [0.1, 0.15) is 0 Å². The summed E-state index contributed by atoms with van der Waals surface area (Å²) in [6.45, 7) is 11.6. The van der Waals surface area contributed by atoms with Gasteiger partial charge < -0.3 is 0 Å². The molecule has 1 aliphatic carbocycles. The average molecular weight is 152 g/mol. The van der Waals surface area contributed by atoms with E-state index in [4.69, 9.17) is 0 Å². The van der Waals surface area contributed by atoms with Gasteiger partial charge in [0, 0.05) is 5.41 Å². The van der Waals surface area contributed by atoms with Crippen molar-refractivity contribution >= 4 is 0 Å². The molecule has 0 fully saturated rings. The third-order valence-electron chi connectivity index (χ3n) is 3.58. The summed E-state index contributed by atoms with van der Waals surface area (Å²) in [5, 5.41) is 0. The Kier molecular flexibility index (Phi) is 2.13. The minimum absolute atomic E-state index is 0.523. The molecule has 0 heteroatoms. The van der Waals surface area contributed by atoms with Gasteiger partial charge in [0.2, 0.25) is 0 Å². The van der Waals surface area contributed by atoms with E-state index in [2.05, 4.69) is 34.6 Å². The monoisotopic (exact) mass is 152 g/mol. The van der Waals surface area contributed by atoms with Crippen molar-refractivity contribution in [3.63, 3.8) is 0 Å². The summed E-state index contributed by atoms with van der Waals surface area (Å²) >= 11 is 0. The SMILES string of the molecule is CCC(C)C1=C(C)C1(C)CC. The van der Waals surface area contributed by atoms with Crippen LogP contribution in [-0.2, 0) is 0 Å². The second kappa shape index (κ2) is 2.66. The average Bonchev–Trinajstić information content (AvgIpc) is 2.55. The highest BCUT2D eigenvalue weighted by atomic mass is 14.5. The van der Waals surface area contributed by atoms with Crippen molar-refractivity contribution in [3.05, 3.63) is 11.1 Å². The molecule has 0 bridgehead atoms. The topological polar surface area (TPSA) is 0 Å². The van der Waals surface area contributed by atoms with Crippen molar-refractivity contribution in [1.82, 2.24) is 0 Å². The van der Waals surface area contributed by atoms with Gasteiger partial charge in [-0.15, -0.1) is 0 Å². The molecule has 0 aromatic heterocycles. The Morgan fingerprint density at radius 2 is 1.91 bits per heavy atom. The summed E-state index contributed by atoms with van der Waals surface area (Å²) in [5.41, 5.74) is 3.92. The van der Waals surface area contributed by atoms with Crippen LogP contribution in [0.1, 0.15) is 47.5 Å². The zero-order valence-corrected chi connectivity index (χ0v) is 8.49. The first-order valence-corrected chi connectivity index (χ1v) is 4.79. The Hall–Kier alpha value is -0.260. The van der Waals surface area contributed by atoms with Crippen LogP contribution in [0.5, 0.6) is 0 Å². The molecule has 2 unspecified atom stereocenters. The van der Waals surface area contributed by atoms with Gasteiger partial charge in [0.25, 0.3) is 0 Å². The number of hydrogen-bond donors (Lipinski definition) is 0. The molecule has 0 aliphatic heterocycles. The Balaban J connectivity index is 2.64. The predicted octanol–water partition coefficient (Wildman–Crippen LogP) is 3.78. The predicted molar refractivity (Wildman–Crippen MR) is 50.6 cm³/mol. The van der Waals surface area contributed by atoms with Crippen molar-refractivity contribution in [2.75, 3.05) is 0 Å². The molecule has 0 N–H and O–H groups in total. The van der Waals surface area contributed by atoms with Gasteiger partial charge >= 0.3 is 0 Å². The van der Waals surface area contributed by atoms with Crippen molar-refractivity contribution in [2.45, 2.75) is 47.5 Å². The minimum atomic E-state index is 0.523. The van der Waals surface area contributed by atoms with Crippen LogP contribution in [0.15, 0.2) is 11.1 Å². The van der Waals surface area contributed by atoms with Gasteiger partial charge in [-0.1, -0.05) is 38.8 Å². The van der Waals surface area contributed by atoms with E-state index in [1.165, 1.54) is 12.8 Å². The van der Waals surface area contributed by atoms with Gasteiger partial charge in [-0.05, 0) is 25.7 Å². The van der Waals surface area contributed by atoms with Crippen LogP contribution in [0, 0.1) is 11.3 Å². The van der Waals surface area contributed by atoms with Crippen LogP contribution < -0.4 is 0 Å². The normalized spacial score (nSPS) is 32.5. The van der Waals surface area contributed by atoms with Gasteiger partial charge in [0.05, 0.1) is 0 Å². The Morgan fingerprint density at radius 1 is 1.36 bits per heavy atom. The number of rotatable bonds is 3. The van der Waals surface area contributed by atoms with Gasteiger partial charge in [-0.3, -0.25) is 0 Å².